The van der Waals surface area contributed by atoms with Crippen molar-refractivity contribution in [2.75, 3.05) is 5.32 Å². The van der Waals surface area contributed by atoms with Crippen LogP contribution in [0.4, 0.5) is 5.69 Å². The highest BCUT2D eigenvalue weighted by Gasteiger charge is 2.29. The van der Waals surface area contributed by atoms with Gasteiger partial charge in [0, 0.05) is 24.8 Å². The molecule has 0 radical (unpaired) electrons. The first-order valence-corrected chi connectivity index (χ1v) is 9.69. The zero-order valence-electron chi connectivity index (χ0n) is 15.8. The number of carbonyl (C=O) groups is 2. The van der Waals surface area contributed by atoms with Crippen molar-refractivity contribution in [3.63, 3.8) is 0 Å². The molecule has 1 amide bonds. The number of rotatable bonds is 4. The van der Waals surface area contributed by atoms with Gasteiger partial charge in [-0.2, -0.15) is 0 Å². The normalized spacial score (nSPS) is 16.0. The molecular formula is C23H20N4O2. The van der Waals surface area contributed by atoms with Crippen molar-refractivity contribution in [3.05, 3.63) is 84.4 Å². The third kappa shape index (κ3) is 3.23. The van der Waals surface area contributed by atoms with Gasteiger partial charge in [0.25, 0.3) is 0 Å². The van der Waals surface area contributed by atoms with Crippen LogP contribution in [0.2, 0.25) is 0 Å². The number of amides is 1. The lowest BCUT2D eigenvalue weighted by atomic mass is 10.0. The van der Waals surface area contributed by atoms with Gasteiger partial charge in [-0.15, -0.1) is 0 Å². The summed E-state index contributed by atoms with van der Waals surface area (Å²) in [5.74, 6) is -0.00575. The monoisotopic (exact) mass is 384 g/mol. The van der Waals surface area contributed by atoms with E-state index in [0.717, 1.165) is 22.3 Å². The molecule has 0 unspecified atom stereocenters. The first-order chi connectivity index (χ1) is 14.2. The van der Waals surface area contributed by atoms with Crippen LogP contribution in [0.5, 0.6) is 0 Å². The topological polar surface area (TPSA) is 68.9 Å². The molecule has 0 fully saturated rings. The molecule has 1 aliphatic heterocycles. The van der Waals surface area contributed by atoms with Crippen LogP contribution >= 0.6 is 0 Å². The van der Waals surface area contributed by atoms with Crippen LogP contribution in [0.1, 0.15) is 34.9 Å². The Hall–Kier alpha value is -3.67. The molecule has 29 heavy (non-hydrogen) atoms. The Morgan fingerprint density at radius 1 is 1.10 bits per heavy atom. The maximum absolute atomic E-state index is 12.9. The molecule has 1 atom stereocenters. The lowest BCUT2D eigenvalue weighted by Gasteiger charge is -2.24. The van der Waals surface area contributed by atoms with Crippen LogP contribution < -0.4 is 5.32 Å². The molecule has 1 N–H and O–H groups in total. The van der Waals surface area contributed by atoms with E-state index in [-0.39, 0.29) is 17.7 Å². The maximum atomic E-state index is 12.9. The van der Waals surface area contributed by atoms with Gasteiger partial charge < -0.3 is 14.5 Å². The number of ketones is 1. The minimum absolute atomic E-state index is 0.0913. The Labute approximate surface area is 167 Å². The van der Waals surface area contributed by atoms with Crippen molar-refractivity contribution in [2.24, 2.45) is 0 Å². The highest BCUT2D eigenvalue weighted by atomic mass is 16.2. The van der Waals surface area contributed by atoms with Crippen LogP contribution in [0.25, 0.3) is 11.0 Å². The fourth-order valence-corrected chi connectivity index (χ4v) is 4.00. The summed E-state index contributed by atoms with van der Waals surface area (Å²) in [5, 5.41) is 3.02. The van der Waals surface area contributed by atoms with Gasteiger partial charge in [0.1, 0.15) is 6.04 Å². The number of aromatic nitrogens is 3. The zero-order valence-corrected chi connectivity index (χ0v) is 15.8. The number of imidazole rings is 1. The molecule has 6 nitrogen and oxygen atoms in total. The van der Waals surface area contributed by atoms with Crippen molar-refractivity contribution in [2.45, 2.75) is 25.4 Å². The number of nitrogens with zero attached hydrogens (tertiary/aromatic N) is 3. The van der Waals surface area contributed by atoms with Crippen molar-refractivity contribution in [3.8, 4) is 0 Å². The number of hydrogen-bond donors (Lipinski definition) is 1. The molecule has 6 heteroatoms. The number of anilines is 1. The van der Waals surface area contributed by atoms with Crippen molar-refractivity contribution < 1.29 is 9.59 Å². The Kier molecular flexibility index (Phi) is 4.24. The van der Waals surface area contributed by atoms with Gasteiger partial charge in [-0.25, -0.2) is 4.98 Å². The molecule has 0 spiro atoms. The van der Waals surface area contributed by atoms with E-state index in [1.54, 1.807) is 16.8 Å². The summed E-state index contributed by atoms with van der Waals surface area (Å²) < 4.78 is 3.87. The van der Waals surface area contributed by atoms with Gasteiger partial charge in [-0.3, -0.25) is 9.59 Å². The van der Waals surface area contributed by atoms with Gasteiger partial charge in [-0.1, -0.05) is 24.3 Å². The number of benzene rings is 2. The summed E-state index contributed by atoms with van der Waals surface area (Å²) in [6, 6.07) is 19.1. The molecule has 144 valence electrons. The first kappa shape index (κ1) is 17.4. The average molecular weight is 384 g/mol. The molecule has 0 bridgehead atoms. The second kappa shape index (κ2) is 7.05. The highest BCUT2D eigenvalue weighted by Crippen LogP contribution is 2.27. The fraction of sp³-hybridized carbons (Fsp3) is 0.174. The molecule has 4 aromatic rings. The molecular weight excluding hydrogens is 364 g/mol. The van der Waals surface area contributed by atoms with E-state index in [4.69, 9.17) is 0 Å². The van der Waals surface area contributed by atoms with Crippen molar-refractivity contribution in [1.29, 1.82) is 0 Å². The summed E-state index contributed by atoms with van der Waals surface area (Å²) >= 11 is 0. The lowest BCUT2D eigenvalue weighted by molar-refractivity contribution is -0.119. The van der Waals surface area contributed by atoms with Gasteiger partial charge >= 0.3 is 0 Å². The molecule has 5 rings (SSSR count). The van der Waals surface area contributed by atoms with Gasteiger partial charge in [0.2, 0.25) is 5.91 Å². The Balaban J connectivity index is 1.35. The molecule has 0 aliphatic carbocycles. The van der Waals surface area contributed by atoms with Crippen LogP contribution in [0, 0.1) is 0 Å². The predicted molar refractivity (Wildman–Crippen MR) is 111 cm³/mol. The van der Waals surface area contributed by atoms with Gasteiger partial charge in [-0.05, 0) is 48.4 Å². The smallest absolute Gasteiger partial charge is 0.247 e. The molecule has 3 heterocycles. The molecule has 0 saturated carbocycles. The van der Waals surface area contributed by atoms with E-state index in [0.29, 0.717) is 25.1 Å². The summed E-state index contributed by atoms with van der Waals surface area (Å²) in [6.07, 6.45) is 4.56. The van der Waals surface area contributed by atoms with E-state index in [1.165, 1.54) is 0 Å². The fourth-order valence-electron chi connectivity index (χ4n) is 4.00. The summed E-state index contributed by atoms with van der Waals surface area (Å²) in [5.41, 5.74) is 4.48. The number of carbonyl (C=O) groups excluding carboxylic acids is 2. The molecule has 1 aliphatic rings. The van der Waals surface area contributed by atoms with E-state index >= 15 is 0 Å². The highest BCUT2D eigenvalue weighted by molar-refractivity contribution is 6.00. The minimum Gasteiger partial charge on any atom is -0.333 e. The number of hydrogen-bond acceptors (Lipinski definition) is 3. The minimum atomic E-state index is -0.362. The third-order valence-electron chi connectivity index (χ3n) is 5.42. The van der Waals surface area contributed by atoms with Gasteiger partial charge in [0.05, 0.1) is 23.1 Å². The standard InChI is InChI=1S/C23H20N4O2/c28-22-11-10-21(27-12-4-9-20(22)27)23(29)25-17-6-3-5-16(13-17)14-26-15-24-18-7-1-2-8-19(18)26/h1-9,12-13,15,21H,10-11,14H2,(H,25,29)/t21-/m0/s1. The van der Waals surface area contributed by atoms with E-state index in [9.17, 15) is 9.59 Å². The Morgan fingerprint density at radius 2 is 2.00 bits per heavy atom. The lowest BCUT2D eigenvalue weighted by Crippen LogP contribution is -2.31. The first-order valence-electron chi connectivity index (χ1n) is 9.69. The van der Waals surface area contributed by atoms with Gasteiger partial charge in [0.15, 0.2) is 5.78 Å². The summed E-state index contributed by atoms with van der Waals surface area (Å²) in [4.78, 5) is 29.3. The molecule has 2 aromatic carbocycles. The van der Waals surface area contributed by atoms with Crippen LogP contribution in [0.3, 0.4) is 0 Å². The zero-order chi connectivity index (χ0) is 19.8. The SMILES string of the molecule is O=C1CC[C@@H](C(=O)Nc2cccc(Cn3cnc4ccccc43)c2)n2cccc21. The van der Waals surface area contributed by atoms with Crippen LogP contribution in [-0.4, -0.2) is 25.8 Å². The second-order valence-electron chi connectivity index (χ2n) is 7.33. The van der Waals surface area contributed by atoms with Crippen molar-refractivity contribution >= 4 is 28.4 Å². The number of para-hydroxylation sites is 2. The molecule has 0 saturated heterocycles. The molecule has 2 aromatic heterocycles. The maximum Gasteiger partial charge on any atom is 0.247 e. The Bertz CT molecular complexity index is 1220. The second-order valence-corrected chi connectivity index (χ2v) is 7.33. The van der Waals surface area contributed by atoms with Crippen molar-refractivity contribution in [1.82, 2.24) is 14.1 Å². The van der Waals surface area contributed by atoms with E-state index < -0.39 is 0 Å². The van der Waals surface area contributed by atoms with E-state index in [1.807, 2.05) is 60.9 Å². The third-order valence-corrected chi connectivity index (χ3v) is 5.42. The van der Waals surface area contributed by atoms with Crippen LogP contribution in [0.15, 0.2) is 73.2 Å². The number of nitrogens with one attached hydrogen (secondary N) is 1. The number of fused-ring (bicyclic) bond motifs is 2. The van der Waals surface area contributed by atoms with Crippen LogP contribution in [-0.2, 0) is 11.3 Å². The largest absolute Gasteiger partial charge is 0.333 e. The Morgan fingerprint density at radius 3 is 2.93 bits per heavy atom. The summed E-state index contributed by atoms with van der Waals surface area (Å²) in [7, 11) is 0. The quantitative estimate of drug-likeness (QED) is 0.577. The van der Waals surface area contributed by atoms with E-state index in [2.05, 4.69) is 14.9 Å². The average Bonchev–Trinajstić information content (AvgIpc) is 3.37. The summed E-state index contributed by atoms with van der Waals surface area (Å²) in [6.45, 7) is 0.671. The predicted octanol–water partition coefficient (Wildman–Crippen LogP) is 4.04. The number of Topliss-reactive ketones (excluding diaryl/α,β-unsaturated/α-hetero) is 1.